The van der Waals surface area contributed by atoms with E-state index in [0.717, 1.165) is 24.8 Å². The van der Waals surface area contributed by atoms with Crippen LogP contribution in [-0.4, -0.2) is 28.5 Å². The maximum absolute atomic E-state index is 9.68. The van der Waals surface area contributed by atoms with Crippen LogP contribution in [0.2, 0.25) is 5.02 Å². The zero-order valence-corrected chi connectivity index (χ0v) is 13.3. The van der Waals surface area contributed by atoms with Crippen molar-refractivity contribution in [2.45, 2.75) is 37.6 Å². The van der Waals surface area contributed by atoms with E-state index in [1.165, 1.54) is 0 Å². The second kappa shape index (κ2) is 6.76. The molecule has 0 fully saturated rings. The molecule has 8 heteroatoms. The first-order chi connectivity index (χ1) is 11.0. The van der Waals surface area contributed by atoms with Gasteiger partial charge >= 0.3 is 0 Å². The number of hydrazine groups is 1. The minimum absolute atomic E-state index is 0.0642. The highest BCUT2D eigenvalue weighted by molar-refractivity contribution is 6.30. The number of ether oxygens (including phenoxy) is 1. The van der Waals surface area contributed by atoms with Gasteiger partial charge in [-0.2, -0.15) is 0 Å². The molecule has 1 aliphatic heterocycles. The summed E-state index contributed by atoms with van der Waals surface area (Å²) in [7, 11) is 0. The van der Waals surface area contributed by atoms with Crippen molar-refractivity contribution in [1.29, 1.82) is 0 Å². The lowest BCUT2D eigenvalue weighted by Gasteiger charge is -2.27. The molecule has 0 bridgehead atoms. The van der Waals surface area contributed by atoms with Crippen molar-refractivity contribution in [3.8, 4) is 5.88 Å². The molecule has 7 N–H and O–H groups in total. The first kappa shape index (κ1) is 16.1. The molecule has 0 amide bonds. The van der Waals surface area contributed by atoms with Crippen LogP contribution in [0, 0.1) is 0 Å². The van der Waals surface area contributed by atoms with Crippen molar-refractivity contribution in [3.63, 3.8) is 0 Å². The predicted octanol–water partition coefficient (Wildman–Crippen LogP) is 0.516. The van der Waals surface area contributed by atoms with E-state index in [0.29, 0.717) is 22.3 Å². The van der Waals surface area contributed by atoms with Crippen LogP contribution >= 0.6 is 11.6 Å². The molecule has 2 aliphatic rings. The molecule has 3 atom stereocenters. The maximum atomic E-state index is 9.68. The van der Waals surface area contributed by atoms with Crippen molar-refractivity contribution in [3.05, 3.63) is 46.4 Å². The number of halogens is 1. The molecule has 0 aromatic carbocycles. The number of aliphatic hydroxyl groups is 1. The van der Waals surface area contributed by atoms with Gasteiger partial charge in [0, 0.05) is 24.3 Å². The number of nitrogens with one attached hydrogen (secondary N) is 2. The second-order valence-electron chi connectivity index (χ2n) is 5.62. The fraction of sp³-hybridized carbons (Fsp3) is 0.400. The molecule has 1 aliphatic carbocycles. The first-order valence-electron chi connectivity index (χ1n) is 7.46. The van der Waals surface area contributed by atoms with E-state index in [4.69, 9.17) is 27.8 Å². The molecule has 3 rings (SSSR count). The standard InChI is InChI=1S/C15H20ClN5O2/c16-9-3-6-11(19-7-9)23-10-4-1-8(2-5-10)13-12(15(18)22)14(17)21-20-13/h1,3,6-7,10,13,15,20-22H,2,4-5,17-18H2. The lowest BCUT2D eigenvalue weighted by molar-refractivity contribution is 0.178. The smallest absolute Gasteiger partial charge is 0.213 e. The van der Waals surface area contributed by atoms with Gasteiger partial charge in [-0.1, -0.05) is 23.3 Å². The number of hydrogen-bond acceptors (Lipinski definition) is 7. The first-order valence-corrected chi connectivity index (χ1v) is 7.84. The van der Waals surface area contributed by atoms with E-state index in [9.17, 15) is 5.11 Å². The molecule has 0 saturated heterocycles. The Kier molecular flexibility index (Phi) is 4.72. The average molecular weight is 338 g/mol. The van der Waals surface area contributed by atoms with Gasteiger partial charge in [0.15, 0.2) is 0 Å². The van der Waals surface area contributed by atoms with E-state index < -0.39 is 6.23 Å². The highest BCUT2D eigenvalue weighted by Gasteiger charge is 2.32. The Morgan fingerprint density at radius 3 is 2.87 bits per heavy atom. The Labute approximate surface area is 139 Å². The van der Waals surface area contributed by atoms with Gasteiger partial charge in [-0.05, 0) is 18.9 Å². The normalized spacial score (nSPS) is 25.8. The second-order valence-corrected chi connectivity index (χ2v) is 6.06. The molecule has 0 spiro atoms. The van der Waals surface area contributed by atoms with Crippen LogP contribution in [0.25, 0.3) is 0 Å². The third-order valence-corrected chi connectivity index (χ3v) is 4.27. The summed E-state index contributed by atoms with van der Waals surface area (Å²) in [5, 5.41) is 10.3. The molecule has 0 radical (unpaired) electrons. The lowest BCUT2D eigenvalue weighted by Crippen LogP contribution is -2.39. The van der Waals surface area contributed by atoms with E-state index in [1.807, 2.05) is 0 Å². The molecule has 3 unspecified atom stereocenters. The van der Waals surface area contributed by atoms with Crippen molar-refractivity contribution < 1.29 is 9.84 Å². The van der Waals surface area contributed by atoms with E-state index >= 15 is 0 Å². The molecule has 23 heavy (non-hydrogen) atoms. The Bertz CT molecular complexity index is 629. The number of pyridine rings is 1. The molecule has 7 nitrogen and oxygen atoms in total. The van der Waals surface area contributed by atoms with Crippen molar-refractivity contribution in [1.82, 2.24) is 15.8 Å². The number of rotatable bonds is 4. The van der Waals surface area contributed by atoms with Crippen LogP contribution in [0.1, 0.15) is 19.3 Å². The summed E-state index contributed by atoms with van der Waals surface area (Å²) >= 11 is 5.81. The van der Waals surface area contributed by atoms with E-state index in [-0.39, 0.29) is 12.1 Å². The zero-order valence-electron chi connectivity index (χ0n) is 12.5. The number of nitrogens with two attached hydrogens (primary N) is 2. The third kappa shape index (κ3) is 3.59. The Hall–Kier alpha value is -1.80. The van der Waals surface area contributed by atoms with Gasteiger partial charge in [-0.15, -0.1) is 0 Å². The minimum Gasteiger partial charge on any atom is -0.474 e. The summed E-state index contributed by atoms with van der Waals surface area (Å²) in [6.45, 7) is 0. The molecule has 1 aromatic heterocycles. The SMILES string of the molecule is NC1=C(C(N)O)C(C2=CCC(Oc3ccc(Cl)cn3)CC2)NN1. The van der Waals surface area contributed by atoms with Crippen LogP contribution in [0.15, 0.2) is 41.4 Å². The van der Waals surface area contributed by atoms with Crippen molar-refractivity contribution in [2.75, 3.05) is 0 Å². The number of aromatic nitrogens is 1. The van der Waals surface area contributed by atoms with Crippen molar-refractivity contribution >= 4 is 11.6 Å². The minimum atomic E-state index is -1.09. The maximum Gasteiger partial charge on any atom is 0.213 e. The Morgan fingerprint density at radius 1 is 1.43 bits per heavy atom. The fourth-order valence-corrected chi connectivity index (χ4v) is 2.99. The third-order valence-electron chi connectivity index (χ3n) is 4.05. The lowest BCUT2D eigenvalue weighted by atomic mass is 9.88. The predicted molar refractivity (Wildman–Crippen MR) is 87.1 cm³/mol. The van der Waals surface area contributed by atoms with Crippen LogP contribution in [0.4, 0.5) is 0 Å². The summed E-state index contributed by atoms with van der Waals surface area (Å²) in [6.07, 6.45) is 5.07. The molecule has 1 aromatic rings. The largest absolute Gasteiger partial charge is 0.474 e. The van der Waals surface area contributed by atoms with Crippen molar-refractivity contribution in [2.24, 2.45) is 11.5 Å². The summed E-state index contributed by atoms with van der Waals surface area (Å²) in [5.74, 6) is 0.953. The van der Waals surface area contributed by atoms with Crippen LogP contribution in [-0.2, 0) is 0 Å². The zero-order chi connectivity index (χ0) is 16.4. The summed E-state index contributed by atoms with van der Waals surface area (Å²) in [4.78, 5) is 4.14. The number of nitrogens with zero attached hydrogens (tertiary/aromatic N) is 1. The number of hydrogen-bond donors (Lipinski definition) is 5. The van der Waals surface area contributed by atoms with Crippen LogP contribution < -0.4 is 27.1 Å². The average Bonchev–Trinajstić information content (AvgIpc) is 2.92. The molecule has 2 heterocycles. The van der Waals surface area contributed by atoms with Gasteiger partial charge in [0.25, 0.3) is 0 Å². The van der Waals surface area contributed by atoms with Gasteiger partial charge in [-0.25, -0.2) is 10.4 Å². The summed E-state index contributed by atoms with van der Waals surface area (Å²) in [6, 6.07) is 3.34. The summed E-state index contributed by atoms with van der Waals surface area (Å²) in [5.41, 5.74) is 19.0. The van der Waals surface area contributed by atoms with Gasteiger partial charge in [0.05, 0.1) is 11.1 Å². The van der Waals surface area contributed by atoms with Crippen LogP contribution in [0.5, 0.6) is 5.88 Å². The Balaban J connectivity index is 1.63. The van der Waals surface area contributed by atoms with Gasteiger partial charge in [0.2, 0.25) is 5.88 Å². The highest BCUT2D eigenvalue weighted by Crippen LogP contribution is 2.29. The number of aliphatic hydroxyl groups excluding tert-OH is 1. The highest BCUT2D eigenvalue weighted by atomic mass is 35.5. The molecular formula is C15H20ClN5O2. The molecule has 0 saturated carbocycles. The fourth-order valence-electron chi connectivity index (χ4n) is 2.88. The van der Waals surface area contributed by atoms with Gasteiger partial charge in [0.1, 0.15) is 18.2 Å². The van der Waals surface area contributed by atoms with Gasteiger partial charge in [-0.3, -0.25) is 0 Å². The quantitative estimate of drug-likeness (QED) is 0.401. The van der Waals surface area contributed by atoms with Gasteiger partial charge < -0.3 is 26.7 Å². The summed E-state index contributed by atoms with van der Waals surface area (Å²) < 4.78 is 5.86. The van der Waals surface area contributed by atoms with E-state index in [1.54, 1.807) is 18.3 Å². The monoisotopic (exact) mass is 337 g/mol. The van der Waals surface area contributed by atoms with Crippen LogP contribution in [0.3, 0.4) is 0 Å². The van der Waals surface area contributed by atoms with E-state index in [2.05, 4.69) is 21.9 Å². The Morgan fingerprint density at radius 2 is 2.26 bits per heavy atom. The molecular weight excluding hydrogens is 318 g/mol. The topological polar surface area (TPSA) is 118 Å². The molecule has 124 valence electrons.